The van der Waals surface area contributed by atoms with Gasteiger partial charge in [-0.3, -0.25) is 0 Å². The molecule has 2 N–H and O–H groups in total. The fourth-order valence-corrected chi connectivity index (χ4v) is 3.19. The number of hydrogen-bond acceptors (Lipinski definition) is 4. The van der Waals surface area contributed by atoms with Crippen LogP contribution in [0.1, 0.15) is 49.7 Å². The van der Waals surface area contributed by atoms with Gasteiger partial charge in [0.05, 0.1) is 5.69 Å². The Kier molecular flexibility index (Phi) is 5.28. The van der Waals surface area contributed by atoms with Gasteiger partial charge >= 0.3 is 0 Å². The minimum atomic E-state index is 0.305. The zero-order valence-corrected chi connectivity index (χ0v) is 12.3. The summed E-state index contributed by atoms with van der Waals surface area (Å²) in [5.41, 5.74) is 6.96. The van der Waals surface area contributed by atoms with Gasteiger partial charge in [-0.1, -0.05) is 34.1 Å². The number of nitrogens with two attached hydrogens (primary N) is 1. The molecule has 0 aromatic carbocycles. The van der Waals surface area contributed by atoms with E-state index in [9.17, 15) is 0 Å². The fraction of sp³-hybridized carbons (Fsp3) is 0.750. The highest BCUT2D eigenvalue weighted by Crippen LogP contribution is 2.30. The average Bonchev–Trinajstić information content (AvgIpc) is 2.57. The Balaban J connectivity index is 2.67. The average molecular weight is 258 g/mol. The molecule has 1 aromatic rings. The van der Waals surface area contributed by atoms with Crippen LogP contribution in [0.2, 0.25) is 0 Å². The van der Waals surface area contributed by atoms with Gasteiger partial charge in [0.1, 0.15) is 5.01 Å². The van der Waals surface area contributed by atoms with Gasteiger partial charge in [-0.15, -0.1) is 23.1 Å². The number of thioether (sulfide) groups is 1. The van der Waals surface area contributed by atoms with Crippen LogP contribution in [0.5, 0.6) is 0 Å². The lowest BCUT2D eigenvalue weighted by Gasteiger charge is -2.16. The molecule has 0 bridgehead atoms. The summed E-state index contributed by atoms with van der Waals surface area (Å²) in [7, 11) is 0. The smallest absolute Gasteiger partial charge is 0.103 e. The third-order valence-electron chi connectivity index (χ3n) is 2.12. The SMILES string of the molecule is CCCc1nc(CSC(C)(C)C)sc1CN. The van der Waals surface area contributed by atoms with E-state index in [0.29, 0.717) is 11.3 Å². The molecule has 0 amide bonds. The summed E-state index contributed by atoms with van der Waals surface area (Å²) in [6, 6.07) is 0. The van der Waals surface area contributed by atoms with Crippen molar-refractivity contribution < 1.29 is 0 Å². The molecule has 0 aliphatic carbocycles. The maximum atomic E-state index is 5.74. The van der Waals surface area contributed by atoms with Crippen LogP contribution in [0.3, 0.4) is 0 Å². The van der Waals surface area contributed by atoms with E-state index in [-0.39, 0.29) is 0 Å². The van der Waals surface area contributed by atoms with E-state index in [0.717, 1.165) is 18.6 Å². The molecule has 0 spiro atoms. The van der Waals surface area contributed by atoms with Crippen molar-refractivity contribution in [1.82, 2.24) is 4.98 Å². The van der Waals surface area contributed by atoms with E-state index in [2.05, 4.69) is 27.7 Å². The highest BCUT2D eigenvalue weighted by molar-refractivity contribution is 7.99. The topological polar surface area (TPSA) is 38.9 Å². The molecule has 0 saturated heterocycles. The summed E-state index contributed by atoms with van der Waals surface area (Å²) in [5.74, 6) is 1.00. The summed E-state index contributed by atoms with van der Waals surface area (Å²) >= 11 is 3.73. The van der Waals surface area contributed by atoms with Crippen LogP contribution in [0.25, 0.3) is 0 Å². The molecule has 0 saturated carbocycles. The van der Waals surface area contributed by atoms with E-state index in [1.807, 2.05) is 11.8 Å². The minimum absolute atomic E-state index is 0.305. The lowest BCUT2D eigenvalue weighted by atomic mass is 10.2. The normalized spacial score (nSPS) is 12.1. The van der Waals surface area contributed by atoms with Gasteiger partial charge in [-0.25, -0.2) is 4.98 Å². The Morgan fingerprint density at radius 2 is 2.06 bits per heavy atom. The Morgan fingerprint density at radius 3 is 2.56 bits per heavy atom. The zero-order valence-electron chi connectivity index (χ0n) is 10.7. The van der Waals surface area contributed by atoms with E-state index in [4.69, 9.17) is 10.7 Å². The van der Waals surface area contributed by atoms with E-state index in [1.165, 1.54) is 15.6 Å². The Morgan fingerprint density at radius 1 is 1.38 bits per heavy atom. The molecule has 4 heteroatoms. The molecule has 0 fully saturated rings. The molecule has 0 atom stereocenters. The van der Waals surface area contributed by atoms with Crippen molar-refractivity contribution in [2.75, 3.05) is 0 Å². The molecule has 1 aromatic heterocycles. The summed E-state index contributed by atoms with van der Waals surface area (Å²) < 4.78 is 0.305. The van der Waals surface area contributed by atoms with Crippen molar-refractivity contribution in [3.8, 4) is 0 Å². The van der Waals surface area contributed by atoms with Crippen LogP contribution in [0.15, 0.2) is 0 Å². The molecular formula is C12H22N2S2. The van der Waals surface area contributed by atoms with Crippen molar-refractivity contribution in [1.29, 1.82) is 0 Å². The molecule has 0 unspecified atom stereocenters. The highest BCUT2D eigenvalue weighted by Gasteiger charge is 2.14. The Bertz CT molecular complexity index is 326. The van der Waals surface area contributed by atoms with Gasteiger partial charge in [0, 0.05) is 21.9 Å². The number of aryl methyl sites for hydroxylation is 1. The molecule has 1 rings (SSSR count). The first-order chi connectivity index (χ1) is 7.46. The third-order valence-corrected chi connectivity index (χ3v) is 4.71. The van der Waals surface area contributed by atoms with Crippen molar-refractivity contribution in [2.24, 2.45) is 5.73 Å². The van der Waals surface area contributed by atoms with Crippen LogP contribution < -0.4 is 5.73 Å². The maximum Gasteiger partial charge on any atom is 0.103 e. The van der Waals surface area contributed by atoms with Crippen molar-refractivity contribution in [3.05, 3.63) is 15.6 Å². The van der Waals surface area contributed by atoms with Crippen LogP contribution >= 0.6 is 23.1 Å². The summed E-state index contributed by atoms with van der Waals surface area (Å²) in [6.45, 7) is 9.53. The first-order valence-electron chi connectivity index (χ1n) is 5.77. The first kappa shape index (κ1) is 14.0. The Hall–Kier alpha value is -0.0600. The Labute approximate surface area is 107 Å². The number of hydrogen-bond donors (Lipinski definition) is 1. The lowest BCUT2D eigenvalue weighted by Crippen LogP contribution is -2.07. The van der Waals surface area contributed by atoms with Gasteiger partial charge in [0.15, 0.2) is 0 Å². The van der Waals surface area contributed by atoms with Crippen molar-refractivity contribution in [2.45, 2.75) is 57.6 Å². The van der Waals surface area contributed by atoms with Gasteiger partial charge < -0.3 is 5.73 Å². The monoisotopic (exact) mass is 258 g/mol. The summed E-state index contributed by atoms with van der Waals surface area (Å²) in [5, 5.41) is 1.23. The molecule has 0 aliphatic rings. The molecule has 2 nitrogen and oxygen atoms in total. The van der Waals surface area contributed by atoms with Crippen molar-refractivity contribution >= 4 is 23.1 Å². The first-order valence-corrected chi connectivity index (χ1v) is 7.58. The highest BCUT2D eigenvalue weighted by atomic mass is 32.2. The molecule has 1 heterocycles. The second kappa shape index (κ2) is 6.03. The number of aromatic nitrogens is 1. The van der Waals surface area contributed by atoms with Gasteiger partial charge in [0.25, 0.3) is 0 Å². The summed E-state index contributed by atoms with van der Waals surface area (Å²) in [6.07, 6.45) is 2.20. The second-order valence-electron chi connectivity index (χ2n) is 4.83. The standard InChI is InChI=1S/C12H22N2S2/c1-5-6-9-10(7-13)16-11(14-9)8-15-12(2,3)4/h5-8,13H2,1-4H3. The largest absolute Gasteiger partial charge is 0.326 e. The molecule has 0 radical (unpaired) electrons. The lowest BCUT2D eigenvalue weighted by molar-refractivity contribution is 0.801. The third kappa shape index (κ3) is 4.44. The fourth-order valence-electron chi connectivity index (χ4n) is 1.37. The molecule has 16 heavy (non-hydrogen) atoms. The number of rotatable bonds is 5. The number of thiazole rings is 1. The van der Waals surface area contributed by atoms with E-state index >= 15 is 0 Å². The predicted molar refractivity (Wildman–Crippen MR) is 75.0 cm³/mol. The number of nitrogens with zero attached hydrogens (tertiary/aromatic N) is 1. The quantitative estimate of drug-likeness (QED) is 0.877. The molecular weight excluding hydrogens is 236 g/mol. The van der Waals surface area contributed by atoms with Crippen LogP contribution in [0, 0.1) is 0 Å². The predicted octanol–water partition coefficient (Wildman–Crippen LogP) is 3.59. The molecule has 92 valence electrons. The van der Waals surface area contributed by atoms with Crippen molar-refractivity contribution in [3.63, 3.8) is 0 Å². The van der Waals surface area contributed by atoms with Crippen LogP contribution in [-0.4, -0.2) is 9.73 Å². The summed E-state index contributed by atoms with van der Waals surface area (Å²) in [4.78, 5) is 5.96. The van der Waals surface area contributed by atoms with E-state index < -0.39 is 0 Å². The van der Waals surface area contributed by atoms with Gasteiger partial charge in [-0.2, -0.15) is 0 Å². The maximum absolute atomic E-state index is 5.74. The van der Waals surface area contributed by atoms with E-state index in [1.54, 1.807) is 11.3 Å². The van der Waals surface area contributed by atoms with Crippen LogP contribution in [0.4, 0.5) is 0 Å². The second-order valence-corrected chi connectivity index (χ2v) is 7.80. The van der Waals surface area contributed by atoms with Gasteiger partial charge in [-0.05, 0) is 6.42 Å². The van der Waals surface area contributed by atoms with Gasteiger partial charge in [0.2, 0.25) is 0 Å². The minimum Gasteiger partial charge on any atom is -0.326 e. The van der Waals surface area contributed by atoms with Crippen LogP contribution in [-0.2, 0) is 18.7 Å². The zero-order chi connectivity index (χ0) is 12.2. The molecule has 0 aliphatic heterocycles.